The lowest BCUT2D eigenvalue weighted by molar-refractivity contribution is -0.138. The number of hydrogen-bond acceptors (Lipinski definition) is 5. The number of rotatable bonds is 4. The largest absolute Gasteiger partial charge is 0.495 e. The molecule has 2 aliphatic heterocycles. The van der Waals surface area contributed by atoms with Gasteiger partial charge in [-0.15, -0.1) is 0 Å². The Morgan fingerprint density at radius 1 is 1.37 bits per heavy atom. The minimum Gasteiger partial charge on any atom is -0.495 e. The molecule has 3 rings (SSSR count). The van der Waals surface area contributed by atoms with E-state index in [1.54, 1.807) is 29.2 Å². The van der Waals surface area contributed by atoms with Gasteiger partial charge >= 0.3 is 0 Å². The summed E-state index contributed by atoms with van der Waals surface area (Å²) < 4.78 is 5.11. The summed E-state index contributed by atoms with van der Waals surface area (Å²) in [4.78, 5) is 40.5. The molecule has 0 bridgehead atoms. The zero-order valence-electron chi connectivity index (χ0n) is 15.2. The van der Waals surface area contributed by atoms with Crippen LogP contribution in [0.4, 0.5) is 4.79 Å². The molecule has 1 atom stereocenters. The van der Waals surface area contributed by atoms with E-state index >= 15 is 0 Å². The third kappa shape index (κ3) is 4.30. The van der Waals surface area contributed by atoms with Crippen LogP contribution in [-0.2, 0) is 9.59 Å². The van der Waals surface area contributed by atoms with Gasteiger partial charge in [-0.25, -0.2) is 0 Å². The monoisotopic (exact) mass is 408 g/mol. The van der Waals surface area contributed by atoms with E-state index in [9.17, 15) is 14.4 Å². The van der Waals surface area contributed by atoms with Gasteiger partial charge in [0, 0.05) is 12.6 Å². The van der Waals surface area contributed by atoms with Crippen molar-refractivity contribution in [3.63, 3.8) is 0 Å². The number of nitrogens with zero attached hydrogens (tertiary/aromatic N) is 2. The second-order valence-electron chi connectivity index (χ2n) is 6.59. The molecule has 2 heterocycles. The quantitative estimate of drug-likeness (QED) is 0.709. The van der Waals surface area contributed by atoms with Crippen LogP contribution >= 0.6 is 23.4 Å². The maximum absolute atomic E-state index is 12.6. The number of hydrogen-bond donors (Lipinski definition) is 0. The molecule has 0 spiro atoms. The molecule has 0 aromatic heterocycles. The van der Waals surface area contributed by atoms with Gasteiger partial charge in [0.15, 0.2) is 0 Å². The summed E-state index contributed by atoms with van der Waals surface area (Å²) in [7, 11) is 1.52. The Bertz CT molecular complexity index is 811. The van der Waals surface area contributed by atoms with E-state index in [1.807, 2.05) is 6.92 Å². The van der Waals surface area contributed by atoms with E-state index in [2.05, 4.69) is 0 Å². The maximum Gasteiger partial charge on any atom is 0.294 e. The third-order valence-corrected chi connectivity index (χ3v) is 5.97. The lowest BCUT2D eigenvalue weighted by atomic mass is 10.0. The van der Waals surface area contributed by atoms with Gasteiger partial charge in [0.25, 0.3) is 11.1 Å². The fourth-order valence-corrected chi connectivity index (χ4v) is 4.36. The highest BCUT2D eigenvalue weighted by atomic mass is 35.5. The first-order chi connectivity index (χ1) is 12.9. The van der Waals surface area contributed by atoms with Gasteiger partial charge in [0.1, 0.15) is 12.3 Å². The molecule has 3 amide bonds. The summed E-state index contributed by atoms with van der Waals surface area (Å²) in [6.45, 7) is 2.46. The molecule has 1 aromatic rings. The molecule has 0 unspecified atom stereocenters. The molecule has 2 aliphatic rings. The standard InChI is InChI=1S/C19H21ClN2O4S/c1-12-5-3-4-8-21(12)17(23)11-22-18(24)16(27-19(22)25)10-13-6-7-15(26-2)14(20)9-13/h6-7,9-10,12H,3-5,8,11H2,1-2H3/b16-10-/t12-/m0/s1. The summed E-state index contributed by atoms with van der Waals surface area (Å²) in [6, 6.07) is 5.25. The topological polar surface area (TPSA) is 66.9 Å². The Hall–Kier alpha value is -1.99. The van der Waals surface area contributed by atoms with Crippen molar-refractivity contribution < 1.29 is 19.1 Å². The summed E-state index contributed by atoms with van der Waals surface area (Å²) in [5.74, 6) is -0.101. The van der Waals surface area contributed by atoms with Crippen molar-refractivity contribution >= 4 is 46.5 Å². The Kier molecular flexibility index (Phi) is 6.11. The van der Waals surface area contributed by atoms with Gasteiger partial charge in [0.05, 0.1) is 17.0 Å². The summed E-state index contributed by atoms with van der Waals surface area (Å²) in [5.41, 5.74) is 0.683. The van der Waals surface area contributed by atoms with Crippen LogP contribution < -0.4 is 4.74 Å². The third-order valence-electron chi connectivity index (χ3n) is 4.76. The zero-order chi connectivity index (χ0) is 19.6. The minimum atomic E-state index is -0.449. The van der Waals surface area contributed by atoms with E-state index < -0.39 is 11.1 Å². The van der Waals surface area contributed by atoms with E-state index in [4.69, 9.17) is 16.3 Å². The summed E-state index contributed by atoms with van der Waals surface area (Å²) in [5, 5.41) is -0.0105. The molecule has 1 aromatic carbocycles. The number of amides is 3. The van der Waals surface area contributed by atoms with Crippen molar-refractivity contribution in [2.75, 3.05) is 20.2 Å². The van der Waals surface area contributed by atoms with Gasteiger partial charge in [-0.2, -0.15) is 0 Å². The maximum atomic E-state index is 12.6. The van der Waals surface area contributed by atoms with Gasteiger partial charge in [0.2, 0.25) is 5.91 Å². The zero-order valence-corrected chi connectivity index (χ0v) is 16.8. The highest BCUT2D eigenvalue weighted by molar-refractivity contribution is 8.18. The first kappa shape index (κ1) is 19.8. The second kappa shape index (κ2) is 8.35. The molecule has 144 valence electrons. The number of likely N-dealkylation sites (tertiary alicyclic amines) is 1. The normalized spacial score (nSPS) is 21.9. The average molecular weight is 409 g/mol. The predicted octanol–water partition coefficient (Wildman–Crippen LogP) is 3.79. The van der Waals surface area contributed by atoms with Crippen LogP contribution in [0.15, 0.2) is 23.1 Å². The first-order valence-corrected chi connectivity index (χ1v) is 9.98. The van der Waals surface area contributed by atoms with Crippen LogP contribution in [0.2, 0.25) is 5.02 Å². The lowest BCUT2D eigenvalue weighted by Gasteiger charge is -2.34. The Balaban J connectivity index is 1.73. The molecular formula is C19H21ClN2O4S. The van der Waals surface area contributed by atoms with Crippen molar-refractivity contribution in [1.29, 1.82) is 0 Å². The Labute approximate surface area is 167 Å². The highest BCUT2D eigenvalue weighted by Crippen LogP contribution is 2.34. The molecule has 8 heteroatoms. The van der Waals surface area contributed by atoms with Crippen molar-refractivity contribution in [3.8, 4) is 5.75 Å². The van der Waals surface area contributed by atoms with Crippen LogP contribution in [0.3, 0.4) is 0 Å². The number of imide groups is 1. The Morgan fingerprint density at radius 2 is 2.15 bits per heavy atom. The molecule has 27 heavy (non-hydrogen) atoms. The minimum absolute atomic E-state index is 0.142. The van der Waals surface area contributed by atoms with Gasteiger partial charge in [-0.1, -0.05) is 17.7 Å². The van der Waals surface area contributed by atoms with Crippen LogP contribution in [0.25, 0.3) is 6.08 Å². The van der Waals surface area contributed by atoms with Gasteiger partial charge in [-0.3, -0.25) is 19.3 Å². The van der Waals surface area contributed by atoms with Crippen LogP contribution in [0, 0.1) is 0 Å². The number of thioether (sulfide) groups is 1. The fraction of sp³-hybridized carbons (Fsp3) is 0.421. The predicted molar refractivity (Wildman–Crippen MR) is 106 cm³/mol. The molecule has 0 radical (unpaired) electrons. The number of halogens is 1. The van der Waals surface area contributed by atoms with Crippen LogP contribution in [-0.4, -0.2) is 53.1 Å². The average Bonchev–Trinajstić information content (AvgIpc) is 2.89. The van der Waals surface area contributed by atoms with E-state index in [0.717, 1.165) is 35.9 Å². The van der Waals surface area contributed by atoms with Gasteiger partial charge < -0.3 is 9.64 Å². The number of carbonyl (C=O) groups excluding carboxylic acids is 3. The molecule has 0 aliphatic carbocycles. The highest BCUT2D eigenvalue weighted by Gasteiger charge is 2.37. The molecule has 6 nitrogen and oxygen atoms in total. The fourth-order valence-electron chi connectivity index (χ4n) is 3.25. The van der Waals surface area contributed by atoms with Crippen molar-refractivity contribution in [2.45, 2.75) is 32.2 Å². The van der Waals surface area contributed by atoms with Crippen LogP contribution in [0.5, 0.6) is 5.75 Å². The number of methoxy groups -OCH3 is 1. The number of benzene rings is 1. The van der Waals surface area contributed by atoms with Crippen molar-refractivity contribution in [3.05, 3.63) is 33.7 Å². The number of piperidine rings is 1. The molecule has 2 fully saturated rings. The SMILES string of the molecule is COc1ccc(/C=C2\SC(=O)N(CC(=O)N3CCCC[C@@H]3C)C2=O)cc1Cl. The summed E-state index contributed by atoms with van der Waals surface area (Å²) in [6.07, 6.45) is 4.60. The molecule has 0 saturated carbocycles. The van der Waals surface area contributed by atoms with E-state index in [1.165, 1.54) is 7.11 Å². The van der Waals surface area contributed by atoms with Crippen molar-refractivity contribution in [2.24, 2.45) is 0 Å². The smallest absolute Gasteiger partial charge is 0.294 e. The molecule has 2 saturated heterocycles. The van der Waals surface area contributed by atoms with E-state index in [0.29, 0.717) is 22.9 Å². The Morgan fingerprint density at radius 3 is 2.81 bits per heavy atom. The molecule has 0 N–H and O–H groups in total. The van der Waals surface area contributed by atoms with Crippen LogP contribution in [0.1, 0.15) is 31.7 Å². The second-order valence-corrected chi connectivity index (χ2v) is 7.99. The van der Waals surface area contributed by atoms with Crippen molar-refractivity contribution in [1.82, 2.24) is 9.80 Å². The summed E-state index contributed by atoms with van der Waals surface area (Å²) >= 11 is 6.94. The van der Waals surface area contributed by atoms with Gasteiger partial charge in [-0.05, 0) is 61.7 Å². The number of carbonyl (C=O) groups is 3. The molecular weight excluding hydrogens is 388 g/mol. The number of ether oxygens (including phenoxy) is 1. The first-order valence-electron chi connectivity index (χ1n) is 8.79. The van der Waals surface area contributed by atoms with E-state index in [-0.39, 0.29) is 23.4 Å². The lowest BCUT2D eigenvalue weighted by Crippen LogP contribution is -2.47.